The number of rotatable bonds is 8. The van der Waals surface area contributed by atoms with Gasteiger partial charge in [-0.05, 0) is 49.2 Å². The Morgan fingerprint density at radius 1 is 1.13 bits per heavy atom. The van der Waals surface area contributed by atoms with E-state index in [1.54, 1.807) is 24.3 Å². The molecule has 0 atom stereocenters. The lowest BCUT2D eigenvalue weighted by molar-refractivity contribution is -0.125. The number of amides is 1. The summed E-state index contributed by atoms with van der Waals surface area (Å²) in [6, 6.07) is 10.7. The summed E-state index contributed by atoms with van der Waals surface area (Å²) >= 11 is 13.3. The van der Waals surface area contributed by atoms with E-state index in [0.717, 1.165) is 0 Å². The molecule has 0 bridgehead atoms. The van der Waals surface area contributed by atoms with Gasteiger partial charge in [0.1, 0.15) is 5.82 Å². The molecule has 2 aromatic rings. The molecule has 1 aliphatic heterocycles. The average Bonchev–Trinajstić information content (AvgIpc) is 2.75. The van der Waals surface area contributed by atoms with E-state index in [2.05, 4.69) is 5.32 Å². The van der Waals surface area contributed by atoms with Crippen molar-refractivity contribution >= 4 is 50.9 Å². The van der Waals surface area contributed by atoms with E-state index >= 15 is 0 Å². The lowest BCUT2D eigenvalue weighted by Crippen LogP contribution is -2.43. The third-order valence-corrected chi connectivity index (χ3v) is 8.63. The minimum atomic E-state index is -3.59. The Balaban J connectivity index is 1.40. The maximum Gasteiger partial charge on any atom is 0.243 e. The molecule has 3 rings (SSSR count). The SMILES string of the molecule is O=C(NCCSCc1c(F)cccc1Cl)C1CCN(S(=O)(=O)c2ccc(Cl)cc2)CC1. The second-order valence-corrected chi connectivity index (χ2v) is 11.1. The molecule has 31 heavy (non-hydrogen) atoms. The Morgan fingerprint density at radius 3 is 2.45 bits per heavy atom. The molecule has 2 aromatic carbocycles. The largest absolute Gasteiger partial charge is 0.355 e. The number of piperidine rings is 1. The number of nitrogens with zero attached hydrogens (tertiary/aromatic N) is 1. The van der Waals surface area contributed by atoms with Crippen LogP contribution in [0.15, 0.2) is 47.4 Å². The topological polar surface area (TPSA) is 66.5 Å². The molecule has 5 nitrogen and oxygen atoms in total. The Morgan fingerprint density at radius 2 is 1.81 bits per heavy atom. The van der Waals surface area contributed by atoms with E-state index in [9.17, 15) is 17.6 Å². The molecule has 1 aliphatic rings. The maximum absolute atomic E-state index is 13.8. The molecule has 0 saturated carbocycles. The van der Waals surface area contributed by atoms with Gasteiger partial charge in [0.15, 0.2) is 0 Å². The van der Waals surface area contributed by atoms with Crippen LogP contribution in [0.4, 0.5) is 4.39 Å². The van der Waals surface area contributed by atoms with E-state index in [1.807, 2.05) is 0 Å². The van der Waals surface area contributed by atoms with Crippen molar-refractivity contribution < 1.29 is 17.6 Å². The molecule has 10 heteroatoms. The van der Waals surface area contributed by atoms with Crippen LogP contribution in [0.3, 0.4) is 0 Å². The van der Waals surface area contributed by atoms with Gasteiger partial charge in [-0.15, -0.1) is 0 Å². The highest BCUT2D eigenvalue weighted by molar-refractivity contribution is 7.98. The van der Waals surface area contributed by atoms with Crippen LogP contribution < -0.4 is 5.32 Å². The highest BCUT2D eigenvalue weighted by Crippen LogP contribution is 2.26. The van der Waals surface area contributed by atoms with Crippen LogP contribution in [0, 0.1) is 11.7 Å². The molecule has 0 spiro atoms. The predicted octanol–water partition coefficient (Wildman–Crippen LogP) is 4.58. The number of carbonyl (C=O) groups is 1. The van der Waals surface area contributed by atoms with Gasteiger partial charge in [-0.2, -0.15) is 16.1 Å². The van der Waals surface area contributed by atoms with Crippen LogP contribution in [0.2, 0.25) is 10.0 Å². The number of hydrogen-bond acceptors (Lipinski definition) is 4. The Kier molecular flexibility index (Phi) is 8.64. The number of sulfonamides is 1. The third kappa shape index (κ3) is 6.35. The Labute approximate surface area is 196 Å². The van der Waals surface area contributed by atoms with Crippen molar-refractivity contribution in [3.8, 4) is 0 Å². The van der Waals surface area contributed by atoms with Crippen LogP contribution in [-0.4, -0.2) is 44.0 Å². The van der Waals surface area contributed by atoms with E-state index in [4.69, 9.17) is 23.2 Å². The van der Waals surface area contributed by atoms with Crippen molar-refractivity contribution in [3.63, 3.8) is 0 Å². The van der Waals surface area contributed by atoms with Crippen molar-refractivity contribution in [3.05, 3.63) is 63.9 Å². The zero-order valence-electron chi connectivity index (χ0n) is 16.7. The van der Waals surface area contributed by atoms with Crippen molar-refractivity contribution in [1.29, 1.82) is 0 Å². The first-order chi connectivity index (χ1) is 14.8. The standard InChI is InChI=1S/C21H23Cl2FN2O3S2/c22-16-4-6-17(7-5-16)31(28,29)26-11-8-15(9-12-26)21(27)25-10-13-30-14-18-19(23)2-1-3-20(18)24/h1-7,15H,8-14H2,(H,25,27). The highest BCUT2D eigenvalue weighted by Gasteiger charge is 2.31. The normalized spacial score (nSPS) is 15.7. The summed E-state index contributed by atoms with van der Waals surface area (Å²) in [4.78, 5) is 12.6. The maximum atomic E-state index is 13.8. The fourth-order valence-electron chi connectivity index (χ4n) is 3.35. The summed E-state index contributed by atoms with van der Waals surface area (Å²) in [6.45, 7) is 1.05. The van der Waals surface area contributed by atoms with Gasteiger partial charge < -0.3 is 5.32 Å². The van der Waals surface area contributed by atoms with Crippen LogP contribution in [0.25, 0.3) is 0 Å². The molecule has 168 valence electrons. The summed E-state index contributed by atoms with van der Waals surface area (Å²) in [7, 11) is -3.59. The summed E-state index contributed by atoms with van der Waals surface area (Å²) in [6.07, 6.45) is 0.938. The van der Waals surface area contributed by atoms with Gasteiger partial charge in [-0.3, -0.25) is 4.79 Å². The molecular weight excluding hydrogens is 482 g/mol. The Hall–Kier alpha value is -1.32. The number of carbonyl (C=O) groups excluding carboxylic acids is 1. The zero-order valence-corrected chi connectivity index (χ0v) is 19.8. The minimum absolute atomic E-state index is 0.0759. The smallest absolute Gasteiger partial charge is 0.243 e. The van der Waals surface area contributed by atoms with Gasteiger partial charge in [0.25, 0.3) is 0 Å². The lowest BCUT2D eigenvalue weighted by Gasteiger charge is -2.30. The van der Waals surface area contributed by atoms with Gasteiger partial charge in [0, 0.05) is 52.7 Å². The zero-order chi connectivity index (χ0) is 22.4. The molecule has 1 fully saturated rings. The van der Waals surface area contributed by atoms with Crippen LogP contribution in [0.1, 0.15) is 18.4 Å². The van der Waals surface area contributed by atoms with E-state index in [-0.39, 0.29) is 22.5 Å². The molecule has 0 aliphatic carbocycles. The molecule has 1 saturated heterocycles. The summed E-state index contributed by atoms with van der Waals surface area (Å²) in [5.74, 6) is 0.433. The first-order valence-electron chi connectivity index (χ1n) is 9.83. The second kappa shape index (κ2) is 11.0. The van der Waals surface area contributed by atoms with E-state index < -0.39 is 10.0 Å². The van der Waals surface area contributed by atoms with Gasteiger partial charge in [0.05, 0.1) is 4.90 Å². The molecule has 1 amide bonds. The molecule has 1 heterocycles. The lowest BCUT2D eigenvalue weighted by atomic mass is 9.97. The Bertz CT molecular complexity index is 992. The third-order valence-electron chi connectivity index (χ3n) is 5.13. The summed E-state index contributed by atoms with van der Waals surface area (Å²) in [5.41, 5.74) is 0.467. The first kappa shape index (κ1) is 24.3. The fraction of sp³-hybridized carbons (Fsp3) is 0.381. The van der Waals surface area contributed by atoms with Crippen LogP contribution in [0.5, 0.6) is 0 Å². The van der Waals surface area contributed by atoms with Crippen LogP contribution >= 0.6 is 35.0 Å². The van der Waals surface area contributed by atoms with E-state index in [0.29, 0.717) is 59.6 Å². The number of benzene rings is 2. The number of thioether (sulfide) groups is 1. The van der Waals surface area contributed by atoms with Gasteiger partial charge in [-0.1, -0.05) is 29.3 Å². The number of hydrogen-bond donors (Lipinski definition) is 1. The second-order valence-electron chi connectivity index (χ2n) is 7.18. The quantitative estimate of drug-likeness (QED) is 0.534. The number of nitrogens with one attached hydrogen (secondary N) is 1. The summed E-state index contributed by atoms with van der Waals surface area (Å²) < 4.78 is 40.6. The minimum Gasteiger partial charge on any atom is -0.355 e. The molecule has 1 N–H and O–H groups in total. The van der Waals surface area contributed by atoms with E-state index in [1.165, 1.54) is 34.3 Å². The van der Waals surface area contributed by atoms with Crippen molar-refractivity contribution in [1.82, 2.24) is 9.62 Å². The summed E-state index contributed by atoms with van der Waals surface area (Å²) in [5, 5.41) is 3.77. The van der Waals surface area contributed by atoms with Gasteiger partial charge >= 0.3 is 0 Å². The molecule has 0 unspecified atom stereocenters. The van der Waals surface area contributed by atoms with Crippen molar-refractivity contribution in [2.45, 2.75) is 23.5 Å². The van der Waals surface area contributed by atoms with Crippen LogP contribution in [-0.2, 0) is 20.6 Å². The number of halogens is 3. The van der Waals surface area contributed by atoms with Crippen molar-refractivity contribution in [2.75, 3.05) is 25.4 Å². The molecule has 0 radical (unpaired) electrons. The monoisotopic (exact) mass is 504 g/mol. The fourth-order valence-corrected chi connectivity index (χ4v) is 6.14. The van der Waals surface area contributed by atoms with Crippen molar-refractivity contribution in [2.24, 2.45) is 5.92 Å². The highest BCUT2D eigenvalue weighted by atomic mass is 35.5. The van der Waals surface area contributed by atoms with Gasteiger partial charge in [0.2, 0.25) is 15.9 Å². The predicted molar refractivity (Wildman–Crippen MR) is 124 cm³/mol. The molecular formula is C21H23Cl2FN2O3S2. The first-order valence-corrected chi connectivity index (χ1v) is 13.2. The molecule has 0 aromatic heterocycles. The average molecular weight is 505 g/mol. The van der Waals surface area contributed by atoms with Gasteiger partial charge in [-0.25, -0.2) is 12.8 Å².